The van der Waals surface area contributed by atoms with Crippen molar-refractivity contribution in [2.75, 3.05) is 13.1 Å². The van der Waals surface area contributed by atoms with Crippen molar-refractivity contribution in [2.45, 2.75) is 45.6 Å². The minimum atomic E-state index is 0.773. The zero-order valence-electron chi connectivity index (χ0n) is 8.92. The van der Waals surface area contributed by atoms with Gasteiger partial charge in [0.1, 0.15) is 0 Å². The van der Waals surface area contributed by atoms with Crippen molar-refractivity contribution in [2.24, 2.45) is 5.92 Å². The topological polar surface area (TPSA) is 3.24 Å². The van der Waals surface area contributed by atoms with Crippen molar-refractivity contribution < 1.29 is 0 Å². The molecule has 0 spiro atoms. The monoisotopic (exact) mass is 179 g/mol. The van der Waals surface area contributed by atoms with E-state index in [-0.39, 0.29) is 0 Å². The molecule has 13 heavy (non-hydrogen) atoms. The van der Waals surface area contributed by atoms with E-state index >= 15 is 0 Å². The summed E-state index contributed by atoms with van der Waals surface area (Å²) >= 11 is 0. The van der Waals surface area contributed by atoms with Gasteiger partial charge in [0, 0.05) is 19.1 Å². The third kappa shape index (κ3) is 2.14. The molecule has 1 heteroatoms. The third-order valence-electron chi connectivity index (χ3n) is 3.39. The second kappa shape index (κ2) is 3.83. The Hall–Kier alpha value is -0.300. The van der Waals surface area contributed by atoms with Crippen molar-refractivity contribution in [1.82, 2.24) is 4.90 Å². The maximum absolute atomic E-state index is 2.70. The van der Waals surface area contributed by atoms with Crippen LogP contribution in [-0.2, 0) is 0 Å². The summed E-state index contributed by atoms with van der Waals surface area (Å²) in [5, 5.41) is 0. The first kappa shape index (κ1) is 9.26. The molecule has 1 aliphatic carbocycles. The van der Waals surface area contributed by atoms with Crippen LogP contribution < -0.4 is 0 Å². The van der Waals surface area contributed by atoms with Gasteiger partial charge >= 0.3 is 0 Å². The van der Waals surface area contributed by atoms with E-state index in [1.807, 2.05) is 0 Å². The van der Waals surface area contributed by atoms with Gasteiger partial charge in [0.05, 0.1) is 0 Å². The Bertz CT molecular complexity index is 201. The molecule has 1 saturated carbocycles. The molecule has 0 radical (unpaired) electrons. The first-order chi connectivity index (χ1) is 6.25. The molecule has 1 unspecified atom stereocenters. The quantitative estimate of drug-likeness (QED) is 0.559. The molecule has 1 fully saturated rings. The summed E-state index contributed by atoms with van der Waals surface area (Å²) < 4.78 is 0. The number of nitrogens with zero attached hydrogens (tertiary/aromatic N) is 1. The van der Waals surface area contributed by atoms with Gasteiger partial charge in [0.2, 0.25) is 0 Å². The lowest BCUT2D eigenvalue weighted by Crippen LogP contribution is -2.40. The van der Waals surface area contributed by atoms with Gasteiger partial charge in [0.15, 0.2) is 0 Å². The predicted molar refractivity (Wildman–Crippen MR) is 56.8 cm³/mol. The molecule has 1 atom stereocenters. The molecular formula is C12H21N. The maximum Gasteiger partial charge on any atom is 0.0193 e. The van der Waals surface area contributed by atoms with Crippen molar-refractivity contribution in [1.29, 1.82) is 0 Å². The van der Waals surface area contributed by atoms with Crippen molar-refractivity contribution in [3.63, 3.8) is 0 Å². The van der Waals surface area contributed by atoms with Crippen LogP contribution in [0.3, 0.4) is 0 Å². The molecule has 0 aromatic rings. The minimum absolute atomic E-state index is 0.773. The van der Waals surface area contributed by atoms with Crippen LogP contribution in [0.5, 0.6) is 0 Å². The van der Waals surface area contributed by atoms with Crippen LogP contribution in [-0.4, -0.2) is 24.0 Å². The molecule has 0 amide bonds. The average molecular weight is 179 g/mol. The van der Waals surface area contributed by atoms with Gasteiger partial charge in [-0.3, -0.25) is 4.90 Å². The fourth-order valence-electron chi connectivity index (χ4n) is 2.89. The molecule has 0 saturated heterocycles. The predicted octanol–water partition coefficient (Wildman–Crippen LogP) is 2.83. The minimum Gasteiger partial charge on any atom is -0.296 e. The molecule has 0 aromatic heterocycles. The largest absolute Gasteiger partial charge is 0.296 e. The molecular weight excluding hydrogens is 158 g/mol. The molecule has 1 heterocycles. The van der Waals surface area contributed by atoms with Crippen molar-refractivity contribution in [3.8, 4) is 0 Å². The first-order valence-electron chi connectivity index (χ1n) is 5.67. The van der Waals surface area contributed by atoms with Crippen LogP contribution >= 0.6 is 0 Å². The Morgan fingerprint density at radius 2 is 2.00 bits per heavy atom. The van der Waals surface area contributed by atoms with Gasteiger partial charge in [-0.25, -0.2) is 0 Å². The van der Waals surface area contributed by atoms with Crippen LogP contribution in [0.2, 0.25) is 0 Å². The lowest BCUT2D eigenvalue weighted by atomic mass is 10.0. The Kier molecular flexibility index (Phi) is 2.73. The summed E-state index contributed by atoms with van der Waals surface area (Å²) in [6.07, 6.45) is 8.24. The number of rotatable bonds is 1. The molecule has 0 aromatic carbocycles. The molecule has 1 aliphatic heterocycles. The van der Waals surface area contributed by atoms with E-state index in [1.165, 1.54) is 38.8 Å². The van der Waals surface area contributed by atoms with E-state index in [1.54, 1.807) is 5.57 Å². The van der Waals surface area contributed by atoms with Gasteiger partial charge in [-0.2, -0.15) is 0 Å². The van der Waals surface area contributed by atoms with E-state index in [0.29, 0.717) is 0 Å². The van der Waals surface area contributed by atoms with E-state index < -0.39 is 0 Å². The Balaban J connectivity index is 1.97. The zero-order chi connectivity index (χ0) is 9.26. The summed E-state index contributed by atoms with van der Waals surface area (Å²) in [5.74, 6) is 0.773. The second-order valence-electron chi connectivity index (χ2n) is 4.86. The molecule has 2 rings (SSSR count). The van der Waals surface area contributed by atoms with E-state index in [2.05, 4.69) is 24.8 Å². The van der Waals surface area contributed by atoms with Gasteiger partial charge in [-0.15, -0.1) is 0 Å². The molecule has 2 aliphatic rings. The first-order valence-corrected chi connectivity index (χ1v) is 5.67. The maximum atomic E-state index is 2.70. The lowest BCUT2D eigenvalue weighted by Gasteiger charge is -2.34. The highest BCUT2D eigenvalue weighted by Crippen LogP contribution is 2.27. The summed E-state index contributed by atoms with van der Waals surface area (Å²) in [4.78, 5) is 2.70. The van der Waals surface area contributed by atoms with Crippen LogP contribution in [0.4, 0.5) is 0 Å². The van der Waals surface area contributed by atoms with Crippen molar-refractivity contribution in [3.05, 3.63) is 11.6 Å². The van der Waals surface area contributed by atoms with Gasteiger partial charge in [-0.05, 0) is 25.7 Å². The standard InChI is InChI=1S/C12H21N/c1-10-7-11(2)9-13(8-10)12-5-3-4-6-12/h7,10,12H,3-6,8-9H2,1-2H3. The highest BCUT2D eigenvalue weighted by molar-refractivity contribution is 5.08. The average Bonchev–Trinajstić information content (AvgIpc) is 2.53. The van der Waals surface area contributed by atoms with Crippen molar-refractivity contribution >= 4 is 0 Å². The number of hydrogen-bond donors (Lipinski definition) is 0. The molecule has 1 nitrogen and oxygen atoms in total. The summed E-state index contributed by atoms with van der Waals surface area (Å²) in [6.45, 7) is 7.14. The SMILES string of the molecule is CC1=CC(C)CN(C2CCCC2)C1. The Morgan fingerprint density at radius 1 is 1.31 bits per heavy atom. The summed E-state index contributed by atoms with van der Waals surface area (Å²) in [7, 11) is 0. The normalized spacial score (nSPS) is 32.2. The zero-order valence-corrected chi connectivity index (χ0v) is 8.92. The Morgan fingerprint density at radius 3 is 2.62 bits per heavy atom. The van der Waals surface area contributed by atoms with Gasteiger partial charge < -0.3 is 0 Å². The van der Waals surface area contributed by atoms with Crippen LogP contribution in [0, 0.1) is 5.92 Å². The molecule has 74 valence electrons. The molecule has 0 bridgehead atoms. The van der Waals surface area contributed by atoms with Crippen LogP contribution in [0.1, 0.15) is 39.5 Å². The Labute approximate surface area is 81.8 Å². The fourth-order valence-corrected chi connectivity index (χ4v) is 2.89. The van der Waals surface area contributed by atoms with Gasteiger partial charge in [0.25, 0.3) is 0 Å². The van der Waals surface area contributed by atoms with Crippen LogP contribution in [0.25, 0.3) is 0 Å². The second-order valence-corrected chi connectivity index (χ2v) is 4.86. The lowest BCUT2D eigenvalue weighted by molar-refractivity contribution is 0.188. The van der Waals surface area contributed by atoms with E-state index in [9.17, 15) is 0 Å². The van der Waals surface area contributed by atoms with Crippen LogP contribution in [0.15, 0.2) is 11.6 Å². The summed E-state index contributed by atoms with van der Waals surface area (Å²) in [5.41, 5.74) is 1.57. The summed E-state index contributed by atoms with van der Waals surface area (Å²) in [6, 6.07) is 0.908. The smallest absolute Gasteiger partial charge is 0.0193 e. The third-order valence-corrected chi connectivity index (χ3v) is 3.39. The molecule has 0 N–H and O–H groups in total. The highest BCUT2D eigenvalue weighted by Gasteiger charge is 2.25. The van der Waals surface area contributed by atoms with Gasteiger partial charge in [-0.1, -0.05) is 31.4 Å². The van der Waals surface area contributed by atoms with E-state index in [0.717, 1.165) is 12.0 Å². The number of hydrogen-bond acceptors (Lipinski definition) is 1. The highest BCUT2D eigenvalue weighted by atomic mass is 15.2. The fraction of sp³-hybridized carbons (Fsp3) is 0.833. The van der Waals surface area contributed by atoms with E-state index in [4.69, 9.17) is 0 Å².